The van der Waals surface area contributed by atoms with E-state index in [1.807, 2.05) is 0 Å². The highest BCUT2D eigenvalue weighted by atomic mass is 127. The number of hydrogen-bond donors (Lipinski definition) is 2. The van der Waals surface area contributed by atoms with E-state index >= 15 is 0 Å². The molecule has 0 saturated heterocycles. The molecule has 2 N–H and O–H groups in total. The number of carbonyl (C=O) groups is 1. The van der Waals surface area contributed by atoms with Crippen molar-refractivity contribution in [3.8, 4) is 12.0 Å². The number of carboxylic acid groups (broad SMARTS) is 1. The van der Waals surface area contributed by atoms with Crippen LogP contribution >= 0.6 is 22.6 Å². The summed E-state index contributed by atoms with van der Waals surface area (Å²) in [5.74, 6) is 2.93. The van der Waals surface area contributed by atoms with Crippen molar-refractivity contribution in [2.24, 2.45) is 0 Å². The van der Waals surface area contributed by atoms with E-state index < -0.39 is 0 Å². The number of alkyl halides is 1. The normalized spacial score (nSPS) is 6.83. The van der Waals surface area contributed by atoms with Crippen LogP contribution in [0.25, 0.3) is 0 Å². The molecule has 0 radical (unpaired) electrons. The predicted molar refractivity (Wildman–Crippen MR) is 58.3 cm³/mol. The summed E-state index contributed by atoms with van der Waals surface area (Å²) >= 11 is 2.23. The van der Waals surface area contributed by atoms with E-state index in [-0.39, 0.29) is 6.47 Å². The lowest BCUT2D eigenvalue weighted by atomic mass is 10.3. The molecule has 4 heteroatoms. The SMILES string of the molecule is CCCCNC#CCI.O=CO. The molecule has 0 amide bonds. The van der Waals surface area contributed by atoms with Crippen molar-refractivity contribution in [3.05, 3.63) is 0 Å². The van der Waals surface area contributed by atoms with Gasteiger partial charge in [-0.05, 0) is 6.42 Å². The standard InChI is InChI=1S/C7H12IN.CH2O2/c1-2-3-6-9-7-4-5-8;2-1-3/h9H,2-3,5-6H2,1H3;1H,(H,2,3). The van der Waals surface area contributed by atoms with Crippen LogP contribution in [0.3, 0.4) is 0 Å². The van der Waals surface area contributed by atoms with Crippen LogP contribution in [0.1, 0.15) is 19.8 Å². The van der Waals surface area contributed by atoms with Crippen molar-refractivity contribution in [2.75, 3.05) is 11.0 Å². The van der Waals surface area contributed by atoms with Crippen molar-refractivity contribution in [3.63, 3.8) is 0 Å². The third kappa shape index (κ3) is 22.7. The van der Waals surface area contributed by atoms with Gasteiger partial charge in [-0.15, -0.1) is 0 Å². The van der Waals surface area contributed by atoms with Gasteiger partial charge >= 0.3 is 0 Å². The third-order valence-corrected chi connectivity index (χ3v) is 1.28. The van der Waals surface area contributed by atoms with Crippen LogP contribution in [0, 0.1) is 12.0 Å². The topological polar surface area (TPSA) is 49.3 Å². The number of hydrogen-bond acceptors (Lipinski definition) is 2. The Labute approximate surface area is 87.1 Å². The Morgan fingerprint density at radius 1 is 1.67 bits per heavy atom. The quantitative estimate of drug-likeness (QED) is 0.206. The molecular formula is C8H14INO2. The molecule has 0 fully saturated rings. The summed E-state index contributed by atoms with van der Waals surface area (Å²) in [5.41, 5.74) is 0. The van der Waals surface area contributed by atoms with Gasteiger partial charge in [-0.25, -0.2) is 0 Å². The van der Waals surface area contributed by atoms with Gasteiger partial charge in [0.05, 0.1) is 4.43 Å². The Morgan fingerprint density at radius 3 is 2.67 bits per heavy atom. The molecule has 0 spiro atoms. The van der Waals surface area contributed by atoms with Crippen molar-refractivity contribution in [2.45, 2.75) is 19.8 Å². The fourth-order valence-corrected chi connectivity index (χ4v) is 0.614. The summed E-state index contributed by atoms with van der Waals surface area (Å²) in [5, 5.41) is 9.91. The number of halogens is 1. The molecule has 3 nitrogen and oxygen atoms in total. The summed E-state index contributed by atoms with van der Waals surface area (Å²) in [6.45, 7) is 2.95. The molecule has 0 heterocycles. The van der Waals surface area contributed by atoms with Crippen LogP contribution in [-0.4, -0.2) is 22.6 Å². The highest BCUT2D eigenvalue weighted by Gasteiger charge is 1.76. The van der Waals surface area contributed by atoms with E-state index in [4.69, 9.17) is 9.90 Å². The molecule has 0 unspecified atom stereocenters. The average Bonchev–Trinajstić information content (AvgIpc) is 2.06. The van der Waals surface area contributed by atoms with E-state index in [9.17, 15) is 0 Å². The van der Waals surface area contributed by atoms with E-state index in [0.29, 0.717) is 0 Å². The zero-order valence-electron chi connectivity index (χ0n) is 7.14. The lowest BCUT2D eigenvalue weighted by Gasteiger charge is -1.91. The number of nitrogens with one attached hydrogen (secondary N) is 1. The molecule has 0 aliphatic rings. The molecule has 0 bridgehead atoms. The Hall–Kier alpha value is -0.440. The van der Waals surface area contributed by atoms with Crippen LogP contribution < -0.4 is 5.32 Å². The molecule has 0 rings (SSSR count). The van der Waals surface area contributed by atoms with Gasteiger partial charge in [-0.1, -0.05) is 41.9 Å². The second kappa shape index (κ2) is 16.9. The first kappa shape index (κ1) is 14.1. The fourth-order valence-electron chi connectivity index (χ4n) is 0.424. The summed E-state index contributed by atoms with van der Waals surface area (Å²) in [7, 11) is 0. The van der Waals surface area contributed by atoms with Gasteiger partial charge in [0.25, 0.3) is 6.47 Å². The average molecular weight is 283 g/mol. The summed E-state index contributed by atoms with van der Waals surface area (Å²) in [4.78, 5) is 8.36. The Balaban J connectivity index is 0. The Bertz CT molecular complexity index is 140. The first-order valence-corrected chi connectivity index (χ1v) is 5.20. The zero-order valence-corrected chi connectivity index (χ0v) is 9.30. The van der Waals surface area contributed by atoms with Crippen molar-refractivity contribution in [1.29, 1.82) is 0 Å². The second-order valence-electron chi connectivity index (χ2n) is 1.82. The van der Waals surface area contributed by atoms with Gasteiger partial charge in [0.2, 0.25) is 0 Å². The highest BCUT2D eigenvalue weighted by molar-refractivity contribution is 14.1. The maximum atomic E-state index is 8.36. The number of rotatable bonds is 3. The lowest BCUT2D eigenvalue weighted by molar-refractivity contribution is -0.122. The van der Waals surface area contributed by atoms with Crippen LogP contribution in [0.2, 0.25) is 0 Å². The molecule has 70 valence electrons. The first-order chi connectivity index (χ1) is 5.83. The predicted octanol–water partition coefficient (Wildman–Crippen LogP) is 1.47. The molecule has 0 saturated carbocycles. The first-order valence-electron chi connectivity index (χ1n) is 3.68. The van der Waals surface area contributed by atoms with Gasteiger partial charge in [-0.2, -0.15) is 0 Å². The Kier molecular flexibility index (Phi) is 19.8. The van der Waals surface area contributed by atoms with Gasteiger partial charge in [-0.3, -0.25) is 4.79 Å². The van der Waals surface area contributed by atoms with Crippen molar-refractivity contribution >= 4 is 29.1 Å². The molecule has 0 aromatic carbocycles. The largest absolute Gasteiger partial charge is 0.483 e. The maximum absolute atomic E-state index is 8.36. The Morgan fingerprint density at radius 2 is 2.25 bits per heavy atom. The van der Waals surface area contributed by atoms with Crippen LogP contribution in [0.5, 0.6) is 0 Å². The van der Waals surface area contributed by atoms with Gasteiger partial charge < -0.3 is 10.4 Å². The van der Waals surface area contributed by atoms with E-state index in [0.717, 1.165) is 11.0 Å². The molecule has 12 heavy (non-hydrogen) atoms. The van der Waals surface area contributed by atoms with Crippen LogP contribution in [0.15, 0.2) is 0 Å². The molecule has 0 aromatic heterocycles. The fraction of sp³-hybridized carbons (Fsp3) is 0.625. The van der Waals surface area contributed by atoms with Gasteiger partial charge in [0, 0.05) is 12.6 Å². The highest BCUT2D eigenvalue weighted by Crippen LogP contribution is 1.80. The summed E-state index contributed by atoms with van der Waals surface area (Å²) in [6, 6.07) is 2.86. The van der Waals surface area contributed by atoms with Crippen LogP contribution in [0.4, 0.5) is 0 Å². The monoisotopic (exact) mass is 283 g/mol. The van der Waals surface area contributed by atoms with Crippen molar-refractivity contribution < 1.29 is 9.90 Å². The summed E-state index contributed by atoms with van der Waals surface area (Å²) in [6.07, 6.45) is 2.45. The van der Waals surface area contributed by atoms with Gasteiger partial charge in [0.15, 0.2) is 0 Å². The number of unbranched alkanes of at least 4 members (excludes halogenated alkanes) is 1. The third-order valence-electron chi connectivity index (χ3n) is 0.899. The van der Waals surface area contributed by atoms with Crippen LogP contribution in [-0.2, 0) is 4.79 Å². The lowest BCUT2D eigenvalue weighted by Crippen LogP contribution is -2.06. The summed E-state index contributed by atoms with van der Waals surface area (Å²) < 4.78 is 0.914. The van der Waals surface area contributed by atoms with Crippen molar-refractivity contribution in [1.82, 2.24) is 5.32 Å². The second-order valence-corrected chi connectivity index (χ2v) is 2.58. The van der Waals surface area contributed by atoms with E-state index in [1.54, 1.807) is 0 Å². The molecule has 0 aliphatic heterocycles. The molecule has 0 aliphatic carbocycles. The van der Waals surface area contributed by atoms with E-state index in [1.165, 1.54) is 12.8 Å². The molecule has 0 atom stereocenters. The minimum Gasteiger partial charge on any atom is -0.483 e. The van der Waals surface area contributed by atoms with E-state index in [2.05, 4.69) is 46.8 Å². The minimum absolute atomic E-state index is 0.250. The zero-order chi connectivity index (χ0) is 9.66. The molecule has 0 aromatic rings. The molecular weight excluding hydrogens is 269 g/mol. The maximum Gasteiger partial charge on any atom is 0.290 e. The minimum atomic E-state index is -0.250. The smallest absolute Gasteiger partial charge is 0.290 e. The van der Waals surface area contributed by atoms with Gasteiger partial charge in [0.1, 0.15) is 0 Å².